The van der Waals surface area contributed by atoms with Crippen LogP contribution in [0.3, 0.4) is 0 Å². The molecule has 1 spiro atoms. The summed E-state index contributed by atoms with van der Waals surface area (Å²) < 4.78 is 6.54. The summed E-state index contributed by atoms with van der Waals surface area (Å²) in [4.78, 5) is 0. The number of fused-ring (bicyclic) bond motifs is 1. The maximum Gasteiger partial charge on any atom is 0.0759 e. The van der Waals surface area contributed by atoms with E-state index in [1.165, 1.54) is 38.5 Å². The standard InChI is InChI=1S/C19H27NO/c1-2-20-18-9-10-21-19(13-18)16-7-8-17(19)12-15-6-4-3-5-14(15)11-16/h3-6,16-18,20H,2,7-13H2,1H3. The van der Waals surface area contributed by atoms with Crippen LogP contribution < -0.4 is 5.32 Å². The first-order valence-electron chi connectivity index (χ1n) is 8.76. The molecule has 4 rings (SSSR count). The van der Waals surface area contributed by atoms with Gasteiger partial charge in [0.05, 0.1) is 5.60 Å². The van der Waals surface area contributed by atoms with Crippen molar-refractivity contribution in [3.8, 4) is 0 Å². The lowest BCUT2D eigenvalue weighted by atomic mass is 9.75. The molecule has 1 N–H and O–H groups in total. The number of rotatable bonds is 2. The van der Waals surface area contributed by atoms with Crippen molar-refractivity contribution in [2.75, 3.05) is 13.2 Å². The van der Waals surface area contributed by atoms with Crippen molar-refractivity contribution in [3.05, 3.63) is 35.4 Å². The van der Waals surface area contributed by atoms with E-state index in [0.717, 1.165) is 25.0 Å². The molecule has 1 saturated carbocycles. The number of hydrogen-bond acceptors (Lipinski definition) is 2. The first kappa shape index (κ1) is 13.8. The van der Waals surface area contributed by atoms with E-state index in [9.17, 15) is 0 Å². The highest BCUT2D eigenvalue weighted by molar-refractivity contribution is 5.32. The van der Waals surface area contributed by atoms with Gasteiger partial charge in [0.15, 0.2) is 0 Å². The van der Waals surface area contributed by atoms with Crippen molar-refractivity contribution in [2.24, 2.45) is 11.8 Å². The molecule has 1 aliphatic heterocycles. The maximum atomic E-state index is 6.54. The van der Waals surface area contributed by atoms with E-state index in [2.05, 4.69) is 36.5 Å². The summed E-state index contributed by atoms with van der Waals surface area (Å²) in [6.45, 7) is 4.25. The number of benzene rings is 1. The van der Waals surface area contributed by atoms with Crippen LogP contribution in [0, 0.1) is 11.8 Å². The zero-order valence-electron chi connectivity index (χ0n) is 13.1. The highest BCUT2D eigenvalue weighted by Crippen LogP contribution is 2.53. The normalized spacial score (nSPS) is 38.2. The average Bonchev–Trinajstić information content (AvgIpc) is 2.71. The zero-order chi connectivity index (χ0) is 14.3. The van der Waals surface area contributed by atoms with Crippen LogP contribution in [0.5, 0.6) is 0 Å². The Morgan fingerprint density at radius 2 is 1.76 bits per heavy atom. The second-order valence-electron chi connectivity index (χ2n) is 7.20. The molecule has 2 aliphatic carbocycles. The second kappa shape index (κ2) is 5.40. The van der Waals surface area contributed by atoms with Gasteiger partial charge in [-0.15, -0.1) is 0 Å². The smallest absolute Gasteiger partial charge is 0.0759 e. The van der Waals surface area contributed by atoms with Crippen LogP contribution >= 0.6 is 0 Å². The minimum Gasteiger partial charge on any atom is -0.374 e. The van der Waals surface area contributed by atoms with Gasteiger partial charge in [0.2, 0.25) is 0 Å². The van der Waals surface area contributed by atoms with E-state index in [-0.39, 0.29) is 5.60 Å². The molecule has 1 saturated heterocycles. The lowest BCUT2D eigenvalue weighted by Crippen LogP contribution is -2.52. The van der Waals surface area contributed by atoms with Crippen molar-refractivity contribution >= 4 is 0 Å². The molecular weight excluding hydrogens is 258 g/mol. The van der Waals surface area contributed by atoms with Gasteiger partial charge in [0.1, 0.15) is 0 Å². The third-order valence-electron chi connectivity index (χ3n) is 6.19. The van der Waals surface area contributed by atoms with E-state index >= 15 is 0 Å². The Hall–Kier alpha value is -0.860. The highest BCUT2D eigenvalue weighted by Gasteiger charge is 2.54. The lowest BCUT2D eigenvalue weighted by molar-refractivity contribution is -0.136. The SMILES string of the molecule is CCNC1CCOC2(C1)C1CCC2Cc2ccccc2C1. The van der Waals surface area contributed by atoms with Crippen molar-refractivity contribution in [2.45, 2.75) is 57.1 Å². The van der Waals surface area contributed by atoms with Crippen LogP contribution in [0.4, 0.5) is 0 Å². The van der Waals surface area contributed by atoms with Gasteiger partial charge in [-0.1, -0.05) is 31.2 Å². The Morgan fingerprint density at radius 3 is 2.38 bits per heavy atom. The van der Waals surface area contributed by atoms with E-state index in [0.29, 0.717) is 6.04 Å². The topological polar surface area (TPSA) is 21.3 Å². The molecular formula is C19H27NO. The van der Waals surface area contributed by atoms with Crippen LogP contribution in [0.25, 0.3) is 0 Å². The fourth-order valence-electron chi connectivity index (χ4n) is 5.23. The predicted octanol–water partition coefficient (Wildman–Crippen LogP) is 3.34. The Balaban J connectivity index is 1.65. The van der Waals surface area contributed by atoms with E-state index in [4.69, 9.17) is 4.74 Å². The number of hydrogen-bond donors (Lipinski definition) is 1. The largest absolute Gasteiger partial charge is 0.374 e. The molecule has 1 aromatic carbocycles. The fourth-order valence-corrected chi connectivity index (χ4v) is 5.23. The quantitative estimate of drug-likeness (QED) is 0.900. The molecule has 3 atom stereocenters. The summed E-state index contributed by atoms with van der Waals surface area (Å²) in [6.07, 6.45) is 7.58. The van der Waals surface area contributed by atoms with E-state index in [1.54, 1.807) is 11.1 Å². The first-order chi connectivity index (χ1) is 10.3. The summed E-state index contributed by atoms with van der Waals surface area (Å²) in [6, 6.07) is 9.75. The fraction of sp³-hybridized carbons (Fsp3) is 0.684. The summed E-state index contributed by atoms with van der Waals surface area (Å²) in [5, 5.41) is 3.69. The molecule has 114 valence electrons. The van der Waals surface area contributed by atoms with Gasteiger partial charge in [-0.2, -0.15) is 0 Å². The highest BCUT2D eigenvalue weighted by atomic mass is 16.5. The van der Waals surface area contributed by atoms with Crippen molar-refractivity contribution in [1.82, 2.24) is 5.32 Å². The molecule has 0 amide bonds. The van der Waals surface area contributed by atoms with Crippen LogP contribution in [0.2, 0.25) is 0 Å². The van der Waals surface area contributed by atoms with Gasteiger partial charge in [-0.25, -0.2) is 0 Å². The molecule has 0 aromatic heterocycles. The molecule has 1 heterocycles. The van der Waals surface area contributed by atoms with Crippen molar-refractivity contribution < 1.29 is 4.74 Å². The van der Waals surface area contributed by atoms with Gasteiger partial charge < -0.3 is 10.1 Å². The minimum absolute atomic E-state index is 0.157. The van der Waals surface area contributed by atoms with Crippen LogP contribution in [-0.2, 0) is 17.6 Å². The second-order valence-corrected chi connectivity index (χ2v) is 7.20. The molecule has 2 bridgehead atoms. The zero-order valence-corrected chi connectivity index (χ0v) is 13.1. The predicted molar refractivity (Wildman–Crippen MR) is 85.4 cm³/mol. The Bertz CT molecular complexity index is 477. The van der Waals surface area contributed by atoms with Crippen molar-refractivity contribution in [1.29, 1.82) is 0 Å². The first-order valence-corrected chi connectivity index (χ1v) is 8.76. The van der Waals surface area contributed by atoms with Gasteiger partial charge in [-0.05, 0) is 68.0 Å². The summed E-state index contributed by atoms with van der Waals surface area (Å²) >= 11 is 0. The molecule has 0 radical (unpaired) electrons. The summed E-state index contributed by atoms with van der Waals surface area (Å²) in [5.74, 6) is 1.46. The Kier molecular flexibility index (Phi) is 3.55. The number of nitrogens with one attached hydrogen (secondary N) is 1. The molecule has 2 heteroatoms. The monoisotopic (exact) mass is 285 g/mol. The van der Waals surface area contributed by atoms with Gasteiger partial charge in [0.25, 0.3) is 0 Å². The summed E-state index contributed by atoms with van der Waals surface area (Å²) in [5.41, 5.74) is 3.32. The van der Waals surface area contributed by atoms with Crippen LogP contribution in [-0.4, -0.2) is 24.8 Å². The van der Waals surface area contributed by atoms with Crippen LogP contribution in [0.15, 0.2) is 24.3 Å². The van der Waals surface area contributed by atoms with E-state index in [1.807, 2.05) is 0 Å². The van der Waals surface area contributed by atoms with Gasteiger partial charge in [-0.3, -0.25) is 0 Å². The number of ether oxygens (including phenoxy) is 1. The van der Waals surface area contributed by atoms with Crippen molar-refractivity contribution in [3.63, 3.8) is 0 Å². The molecule has 2 fully saturated rings. The molecule has 1 aromatic rings. The molecule has 2 nitrogen and oxygen atoms in total. The average molecular weight is 285 g/mol. The molecule has 3 aliphatic rings. The van der Waals surface area contributed by atoms with Crippen LogP contribution in [0.1, 0.15) is 43.7 Å². The Labute approximate surface area is 128 Å². The summed E-state index contributed by atoms with van der Waals surface area (Å²) in [7, 11) is 0. The Morgan fingerprint density at radius 1 is 1.10 bits per heavy atom. The van der Waals surface area contributed by atoms with E-state index < -0.39 is 0 Å². The third kappa shape index (κ3) is 2.24. The molecule has 21 heavy (non-hydrogen) atoms. The third-order valence-corrected chi connectivity index (χ3v) is 6.19. The maximum absolute atomic E-state index is 6.54. The van der Waals surface area contributed by atoms with Gasteiger partial charge >= 0.3 is 0 Å². The minimum atomic E-state index is 0.157. The molecule has 3 unspecified atom stereocenters. The lowest BCUT2D eigenvalue weighted by Gasteiger charge is -2.45. The van der Waals surface area contributed by atoms with Gasteiger partial charge in [0, 0.05) is 12.6 Å².